The number of nitrogens with two attached hydrogens (primary N) is 1. The van der Waals surface area contributed by atoms with Crippen molar-refractivity contribution < 1.29 is 0 Å². The van der Waals surface area contributed by atoms with Gasteiger partial charge in [0.1, 0.15) is 5.82 Å². The number of piperazine rings is 1. The van der Waals surface area contributed by atoms with Gasteiger partial charge in [-0.25, -0.2) is 4.98 Å². The van der Waals surface area contributed by atoms with Crippen LogP contribution in [0.25, 0.3) is 34.2 Å². The molecule has 0 aliphatic carbocycles. The van der Waals surface area contributed by atoms with Crippen molar-refractivity contribution in [1.29, 1.82) is 0 Å². The van der Waals surface area contributed by atoms with Gasteiger partial charge in [-0.3, -0.25) is 10.00 Å². The first-order chi connectivity index (χ1) is 16.0. The third-order valence-electron chi connectivity index (χ3n) is 6.21. The van der Waals surface area contributed by atoms with Crippen LogP contribution in [0.1, 0.15) is 16.8 Å². The van der Waals surface area contributed by atoms with Gasteiger partial charge in [-0.1, -0.05) is 35.9 Å². The van der Waals surface area contributed by atoms with Crippen molar-refractivity contribution in [3.05, 3.63) is 76.6 Å². The number of aromatic amines is 1. The van der Waals surface area contributed by atoms with Crippen LogP contribution in [0, 0.1) is 0 Å². The first kappa shape index (κ1) is 21.6. The Morgan fingerprint density at radius 2 is 1.82 bits per heavy atom. The quantitative estimate of drug-likeness (QED) is 0.450. The normalized spacial score (nSPS) is 15.6. The second-order valence-corrected chi connectivity index (χ2v) is 9.01. The van der Waals surface area contributed by atoms with E-state index < -0.39 is 0 Å². The Labute approximate surface area is 198 Å². The molecular weight excluding hydrogens is 432 g/mol. The van der Waals surface area contributed by atoms with Crippen molar-refractivity contribution >= 4 is 40.5 Å². The van der Waals surface area contributed by atoms with Crippen LogP contribution in [0.2, 0.25) is 5.02 Å². The number of likely N-dealkylation sites (N-methyl/N-ethyl adjacent to an activating group) is 1. The van der Waals surface area contributed by atoms with Crippen LogP contribution >= 0.6 is 11.6 Å². The molecule has 7 heteroatoms. The van der Waals surface area contributed by atoms with Gasteiger partial charge in [-0.15, -0.1) is 0 Å². The molecule has 0 amide bonds. The van der Waals surface area contributed by atoms with E-state index in [4.69, 9.17) is 17.3 Å². The van der Waals surface area contributed by atoms with Crippen LogP contribution in [-0.4, -0.2) is 58.2 Å². The number of H-pyrrole nitrogens is 1. The molecule has 1 saturated heterocycles. The van der Waals surface area contributed by atoms with Crippen LogP contribution < -0.4 is 5.73 Å². The molecule has 168 valence electrons. The maximum Gasteiger partial charge on any atom is 0.123 e. The molecule has 3 N–H and O–H groups in total. The van der Waals surface area contributed by atoms with Gasteiger partial charge in [0.15, 0.2) is 0 Å². The van der Waals surface area contributed by atoms with Crippen molar-refractivity contribution in [3.63, 3.8) is 0 Å². The fraction of sp³-hybridized carbons (Fsp3) is 0.231. The van der Waals surface area contributed by atoms with E-state index in [1.54, 1.807) is 6.20 Å². The lowest BCUT2D eigenvalue weighted by atomic mass is 10.0. The number of benzene rings is 2. The monoisotopic (exact) mass is 458 g/mol. The summed E-state index contributed by atoms with van der Waals surface area (Å²) in [5.41, 5.74) is 12.0. The van der Waals surface area contributed by atoms with E-state index in [2.05, 4.69) is 68.4 Å². The van der Waals surface area contributed by atoms with Gasteiger partial charge in [-0.05, 0) is 65.7 Å². The molecule has 0 radical (unpaired) electrons. The van der Waals surface area contributed by atoms with Gasteiger partial charge in [0.05, 0.1) is 11.2 Å². The average molecular weight is 459 g/mol. The highest BCUT2D eigenvalue weighted by Crippen LogP contribution is 2.27. The number of hydrogen-bond acceptors (Lipinski definition) is 5. The highest BCUT2D eigenvalue weighted by Gasteiger charge is 2.15. The van der Waals surface area contributed by atoms with Crippen LogP contribution in [-0.2, 0) is 6.54 Å². The smallest absolute Gasteiger partial charge is 0.123 e. The first-order valence-corrected chi connectivity index (χ1v) is 11.5. The van der Waals surface area contributed by atoms with Crippen LogP contribution in [0.5, 0.6) is 0 Å². The molecule has 6 nitrogen and oxygen atoms in total. The minimum atomic E-state index is 0.508. The lowest BCUT2D eigenvalue weighted by Gasteiger charge is -2.32. The zero-order valence-corrected chi connectivity index (χ0v) is 19.4. The van der Waals surface area contributed by atoms with E-state index in [0.717, 1.165) is 71.0 Å². The van der Waals surface area contributed by atoms with Crippen molar-refractivity contribution in [3.8, 4) is 11.1 Å². The molecule has 0 atom stereocenters. The van der Waals surface area contributed by atoms with Crippen LogP contribution in [0.3, 0.4) is 0 Å². The Hall–Kier alpha value is -3.19. The summed E-state index contributed by atoms with van der Waals surface area (Å²) < 4.78 is 0. The lowest BCUT2D eigenvalue weighted by molar-refractivity contribution is 0.148. The second kappa shape index (κ2) is 9.35. The highest BCUT2D eigenvalue weighted by molar-refractivity contribution is 6.31. The van der Waals surface area contributed by atoms with Gasteiger partial charge in [0, 0.05) is 49.3 Å². The Kier molecular flexibility index (Phi) is 6.13. The topological polar surface area (TPSA) is 74.1 Å². The van der Waals surface area contributed by atoms with Crippen molar-refractivity contribution in [1.82, 2.24) is 25.0 Å². The Balaban J connectivity index is 1.31. The predicted octanol–water partition coefficient (Wildman–Crippen LogP) is 4.78. The molecule has 2 aromatic heterocycles. The number of hydrogen-bond donors (Lipinski definition) is 2. The SMILES string of the molecule is CN1CCN(Cc2ccc(C=Cc3n[nH]c4cc(-c5ccnc(N)c5)ccc34)cc2Cl)CC1. The second-order valence-electron chi connectivity index (χ2n) is 8.60. The van der Waals surface area contributed by atoms with E-state index in [1.165, 1.54) is 5.56 Å². The predicted molar refractivity (Wildman–Crippen MR) is 137 cm³/mol. The fourth-order valence-electron chi connectivity index (χ4n) is 4.19. The third-order valence-corrected chi connectivity index (χ3v) is 6.56. The Bertz CT molecular complexity index is 1300. The number of halogens is 1. The van der Waals surface area contributed by atoms with E-state index in [1.807, 2.05) is 24.3 Å². The molecule has 1 aliphatic heterocycles. The molecule has 0 bridgehead atoms. The molecule has 2 aromatic carbocycles. The first-order valence-electron chi connectivity index (χ1n) is 11.1. The molecule has 5 rings (SSSR count). The van der Waals surface area contributed by atoms with Gasteiger partial charge >= 0.3 is 0 Å². The summed E-state index contributed by atoms with van der Waals surface area (Å²) in [6.07, 6.45) is 5.80. The van der Waals surface area contributed by atoms with E-state index in [0.29, 0.717) is 5.82 Å². The van der Waals surface area contributed by atoms with Crippen LogP contribution in [0.15, 0.2) is 54.7 Å². The summed E-state index contributed by atoms with van der Waals surface area (Å²) in [6.45, 7) is 5.27. The molecule has 33 heavy (non-hydrogen) atoms. The molecule has 4 aromatic rings. The van der Waals surface area contributed by atoms with Gasteiger partial charge in [0.25, 0.3) is 0 Å². The molecule has 1 aliphatic rings. The standard InChI is InChI=1S/C26H27ClN6/c1-32-10-12-33(13-11-32)17-21-4-2-18(14-23(21)27)3-7-24-22-6-5-19(15-25(22)31-30-24)20-8-9-29-26(28)16-20/h2-9,14-16H,10-13,17H2,1H3,(H2,28,29)(H,30,31). The summed E-state index contributed by atoms with van der Waals surface area (Å²) >= 11 is 6.61. The number of anilines is 1. The average Bonchev–Trinajstić information content (AvgIpc) is 3.23. The Morgan fingerprint density at radius 3 is 2.61 bits per heavy atom. The maximum atomic E-state index is 6.61. The van der Waals surface area contributed by atoms with Gasteiger partial charge < -0.3 is 10.6 Å². The summed E-state index contributed by atoms with van der Waals surface area (Å²) in [5, 5.41) is 9.50. The molecule has 3 heterocycles. The number of rotatable bonds is 5. The number of nitrogens with one attached hydrogen (secondary N) is 1. The summed E-state index contributed by atoms with van der Waals surface area (Å²) in [5.74, 6) is 0.508. The zero-order chi connectivity index (χ0) is 22.8. The van der Waals surface area contributed by atoms with Crippen molar-refractivity contribution in [2.45, 2.75) is 6.54 Å². The minimum absolute atomic E-state index is 0.508. The van der Waals surface area contributed by atoms with Crippen molar-refractivity contribution in [2.24, 2.45) is 0 Å². The molecular formula is C26H27ClN6. The summed E-state index contributed by atoms with van der Waals surface area (Å²) in [7, 11) is 2.17. The minimum Gasteiger partial charge on any atom is -0.384 e. The van der Waals surface area contributed by atoms with E-state index >= 15 is 0 Å². The van der Waals surface area contributed by atoms with Gasteiger partial charge in [-0.2, -0.15) is 5.10 Å². The third kappa shape index (κ3) is 4.93. The molecule has 1 fully saturated rings. The molecule has 0 saturated carbocycles. The summed E-state index contributed by atoms with van der Waals surface area (Å²) in [6, 6.07) is 16.3. The Morgan fingerprint density at radius 1 is 1.00 bits per heavy atom. The van der Waals surface area contributed by atoms with E-state index in [-0.39, 0.29) is 0 Å². The number of nitrogens with zero attached hydrogens (tertiary/aromatic N) is 4. The van der Waals surface area contributed by atoms with Gasteiger partial charge in [0.2, 0.25) is 0 Å². The van der Waals surface area contributed by atoms with Crippen molar-refractivity contribution in [2.75, 3.05) is 39.0 Å². The molecule has 0 spiro atoms. The lowest BCUT2D eigenvalue weighted by Crippen LogP contribution is -2.43. The maximum absolute atomic E-state index is 6.61. The van der Waals surface area contributed by atoms with Crippen LogP contribution in [0.4, 0.5) is 5.82 Å². The number of pyridine rings is 1. The molecule has 0 unspecified atom stereocenters. The highest BCUT2D eigenvalue weighted by atomic mass is 35.5. The number of aromatic nitrogens is 3. The number of fused-ring (bicyclic) bond motifs is 1. The largest absolute Gasteiger partial charge is 0.384 e. The van der Waals surface area contributed by atoms with E-state index in [9.17, 15) is 0 Å². The fourth-order valence-corrected chi connectivity index (χ4v) is 4.44. The zero-order valence-electron chi connectivity index (χ0n) is 18.6. The summed E-state index contributed by atoms with van der Waals surface area (Å²) in [4.78, 5) is 8.88. The number of nitrogen functional groups attached to an aromatic ring is 1.